The van der Waals surface area contributed by atoms with E-state index in [2.05, 4.69) is 20.9 Å². The predicted molar refractivity (Wildman–Crippen MR) is 148 cm³/mol. The molecule has 1 aromatic carbocycles. The van der Waals surface area contributed by atoms with E-state index in [0.29, 0.717) is 5.75 Å². The number of para-hydroxylation sites is 1. The average molecular weight is 564 g/mol. The van der Waals surface area contributed by atoms with Gasteiger partial charge in [-0.3, -0.25) is 19.2 Å². The van der Waals surface area contributed by atoms with E-state index < -0.39 is 60.2 Å². The molecule has 214 valence electrons. The van der Waals surface area contributed by atoms with Crippen LogP contribution in [0.1, 0.15) is 38.7 Å². The average Bonchev–Trinajstić information content (AvgIpc) is 3.27. The summed E-state index contributed by atoms with van der Waals surface area (Å²) in [4.78, 5) is 64.9. The minimum atomic E-state index is -1.54. The molecule has 0 aliphatic heterocycles. The lowest BCUT2D eigenvalue weighted by Crippen LogP contribution is -2.57. The Kier molecular flexibility index (Phi) is 12.3. The fraction of sp³-hybridized carbons (Fsp3) is 0.500. The molecule has 1 heterocycles. The molecule has 0 saturated heterocycles. The van der Waals surface area contributed by atoms with Crippen LogP contribution in [0.3, 0.4) is 0 Å². The van der Waals surface area contributed by atoms with Crippen molar-refractivity contribution in [2.45, 2.75) is 63.7 Å². The second-order valence-electron chi connectivity index (χ2n) is 9.70. The van der Waals surface area contributed by atoms with Gasteiger partial charge in [0.05, 0.1) is 12.5 Å². The van der Waals surface area contributed by atoms with Crippen molar-refractivity contribution in [3.8, 4) is 0 Å². The standard InChI is InChI=1S/C26H37N5O7S/c1-14(2)10-20(30-23(34)17(27)11-15-13-28-18-7-5-4-6-16(15)18)24(35)31-21(12-22(32)33)25(36)29-19(26(37)38)8-9-39-3/h4-7,13-14,17,19-21,28H,8-12,27H2,1-3H3,(H,29,36)(H,30,34)(H,31,35)(H,32,33)(H,37,38). The lowest BCUT2D eigenvalue weighted by molar-refractivity contribution is -0.143. The molecule has 0 aliphatic carbocycles. The minimum Gasteiger partial charge on any atom is -0.481 e. The number of amides is 3. The van der Waals surface area contributed by atoms with Crippen molar-refractivity contribution in [3.05, 3.63) is 36.0 Å². The van der Waals surface area contributed by atoms with E-state index in [0.717, 1.165) is 16.5 Å². The molecular weight excluding hydrogens is 526 g/mol. The lowest BCUT2D eigenvalue weighted by Gasteiger charge is -2.25. The number of carbonyl (C=O) groups is 5. The highest BCUT2D eigenvalue weighted by molar-refractivity contribution is 7.98. The number of hydrogen-bond donors (Lipinski definition) is 7. The summed E-state index contributed by atoms with van der Waals surface area (Å²) >= 11 is 1.39. The zero-order valence-corrected chi connectivity index (χ0v) is 23.0. The number of hydrogen-bond acceptors (Lipinski definition) is 7. The maximum absolute atomic E-state index is 13.2. The third-order valence-corrected chi connectivity index (χ3v) is 6.67. The molecule has 0 fully saturated rings. The number of aromatic nitrogens is 1. The zero-order chi connectivity index (χ0) is 29.1. The topological polar surface area (TPSA) is 204 Å². The van der Waals surface area contributed by atoms with Gasteiger partial charge in [0.15, 0.2) is 0 Å². The van der Waals surface area contributed by atoms with Gasteiger partial charge in [0.2, 0.25) is 17.7 Å². The second-order valence-corrected chi connectivity index (χ2v) is 10.7. The van der Waals surface area contributed by atoms with Gasteiger partial charge in [-0.15, -0.1) is 0 Å². The van der Waals surface area contributed by atoms with Crippen LogP contribution in [-0.2, 0) is 30.4 Å². The molecule has 12 nitrogen and oxygen atoms in total. The highest BCUT2D eigenvalue weighted by atomic mass is 32.2. The monoisotopic (exact) mass is 563 g/mol. The fourth-order valence-corrected chi connectivity index (χ4v) is 4.50. The first-order valence-electron chi connectivity index (χ1n) is 12.6. The summed E-state index contributed by atoms with van der Waals surface area (Å²) in [5, 5.41) is 26.9. The predicted octanol–water partition coefficient (Wildman–Crippen LogP) is 0.851. The van der Waals surface area contributed by atoms with Crippen molar-refractivity contribution < 1.29 is 34.2 Å². The van der Waals surface area contributed by atoms with E-state index in [1.54, 1.807) is 12.5 Å². The molecule has 8 N–H and O–H groups in total. The fourth-order valence-electron chi connectivity index (χ4n) is 4.03. The van der Waals surface area contributed by atoms with Gasteiger partial charge in [0.25, 0.3) is 0 Å². The van der Waals surface area contributed by atoms with E-state index >= 15 is 0 Å². The number of nitrogens with two attached hydrogens (primary N) is 1. The number of fused-ring (bicyclic) bond motifs is 1. The Morgan fingerprint density at radius 1 is 0.949 bits per heavy atom. The number of H-pyrrole nitrogens is 1. The van der Waals surface area contributed by atoms with Gasteiger partial charge in [-0.05, 0) is 48.8 Å². The number of carboxylic acids is 2. The smallest absolute Gasteiger partial charge is 0.326 e. The second kappa shape index (κ2) is 15.1. The molecule has 4 atom stereocenters. The largest absolute Gasteiger partial charge is 0.481 e. The normalized spacial score (nSPS) is 14.3. The Hall–Kier alpha value is -3.58. The summed E-state index contributed by atoms with van der Waals surface area (Å²) < 4.78 is 0. The van der Waals surface area contributed by atoms with Gasteiger partial charge < -0.3 is 36.9 Å². The summed E-state index contributed by atoms with van der Waals surface area (Å²) in [7, 11) is 0. The van der Waals surface area contributed by atoms with E-state index in [4.69, 9.17) is 5.73 Å². The first kappa shape index (κ1) is 31.6. The van der Waals surface area contributed by atoms with Crippen LogP contribution in [0.5, 0.6) is 0 Å². The minimum absolute atomic E-state index is 0.0411. The molecule has 2 rings (SSSR count). The first-order valence-corrected chi connectivity index (χ1v) is 14.0. The van der Waals surface area contributed by atoms with E-state index in [-0.39, 0.29) is 25.2 Å². The molecule has 39 heavy (non-hydrogen) atoms. The van der Waals surface area contributed by atoms with E-state index in [9.17, 15) is 34.2 Å². The molecule has 0 bridgehead atoms. The van der Waals surface area contributed by atoms with Crippen LogP contribution < -0.4 is 21.7 Å². The highest BCUT2D eigenvalue weighted by Crippen LogP contribution is 2.19. The van der Waals surface area contributed by atoms with Crippen molar-refractivity contribution >= 4 is 52.3 Å². The molecule has 0 aliphatic rings. The number of carbonyl (C=O) groups excluding carboxylic acids is 3. The van der Waals surface area contributed by atoms with Gasteiger partial charge in [-0.2, -0.15) is 11.8 Å². The van der Waals surface area contributed by atoms with Crippen LogP contribution in [0.15, 0.2) is 30.5 Å². The van der Waals surface area contributed by atoms with Crippen molar-refractivity contribution in [3.63, 3.8) is 0 Å². The Morgan fingerprint density at radius 2 is 1.56 bits per heavy atom. The molecule has 0 spiro atoms. The third kappa shape index (κ3) is 9.91. The van der Waals surface area contributed by atoms with E-state index in [1.165, 1.54) is 11.8 Å². The van der Waals surface area contributed by atoms with Crippen LogP contribution in [-0.4, -0.2) is 81.0 Å². The first-order chi connectivity index (χ1) is 18.4. The van der Waals surface area contributed by atoms with Crippen LogP contribution >= 0.6 is 11.8 Å². The maximum Gasteiger partial charge on any atom is 0.326 e. The van der Waals surface area contributed by atoms with Crippen molar-refractivity contribution in [1.29, 1.82) is 0 Å². The number of aliphatic carboxylic acids is 2. The molecule has 0 radical (unpaired) electrons. The Morgan fingerprint density at radius 3 is 2.18 bits per heavy atom. The molecular formula is C26H37N5O7S. The van der Waals surface area contributed by atoms with Crippen LogP contribution in [0.25, 0.3) is 10.9 Å². The van der Waals surface area contributed by atoms with Gasteiger partial charge in [0, 0.05) is 17.1 Å². The molecule has 2 aromatic rings. The highest BCUT2D eigenvalue weighted by Gasteiger charge is 2.32. The third-order valence-electron chi connectivity index (χ3n) is 6.03. The maximum atomic E-state index is 13.2. The number of nitrogens with one attached hydrogen (secondary N) is 4. The Labute approximate surface area is 230 Å². The Bertz CT molecular complexity index is 1170. The zero-order valence-electron chi connectivity index (χ0n) is 22.2. The number of aromatic amines is 1. The summed E-state index contributed by atoms with van der Waals surface area (Å²) in [6.45, 7) is 3.67. The number of carboxylic acid groups (broad SMARTS) is 2. The molecule has 13 heteroatoms. The molecule has 3 amide bonds. The van der Waals surface area contributed by atoms with Crippen molar-refractivity contribution in [1.82, 2.24) is 20.9 Å². The van der Waals surface area contributed by atoms with Crippen molar-refractivity contribution in [2.24, 2.45) is 11.7 Å². The van der Waals surface area contributed by atoms with Gasteiger partial charge in [-0.25, -0.2) is 4.79 Å². The summed E-state index contributed by atoms with van der Waals surface area (Å²) in [5.74, 6) is -4.51. The summed E-state index contributed by atoms with van der Waals surface area (Å²) in [6, 6.07) is 2.71. The number of rotatable bonds is 16. The molecule has 0 saturated carbocycles. The quantitative estimate of drug-likeness (QED) is 0.154. The molecule has 1 aromatic heterocycles. The number of benzene rings is 1. The SMILES string of the molecule is CSCCC(NC(=O)C(CC(=O)O)NC(=O)C(CC(C)C)NC(=O)C(N)Cc1c[nH]c2ccccc12)C(=O)O. The lowest BCUT2D eigenvalue weighted by atomic mass is 10.0. The van der Waals surface area contributed by atoms with Crippen LogP contribution in [0.2, 0.25) is 0 Å². The van der Waals surface area contributed by atoms with E-state index in [1.807, 2.05) is 38.1 Å². The van der Waals surface area contributed by atoms with Crippen LogP contribution in [0, 0.1) is 5.92 Å². The number of thioether (sulfide) groups is 1. The molecule has 4 unspecified atom stereocenters. The summed E-state index contributed by atoms with van der Waals surface area (Å²) in [6.07, 6.45) is 3.32. The van der Waals surface area contributed by atoms with Crippen LogP contribution in [0.4, 0.5) is 0 Å². The van der Waals surface area contributed by atoms with Gasteiger partial charge in [-0.1, -0.05) is 32.0 Å². The van der Waals surface area contributed by atoms with Gasteiger partial charge >= 0.3 is 11.9 Å². The van der Waals surface area contributed by atoms with Crippen molar-refractivity contribution in [2.75, 3.05) is 12.0 Å². The summed E-state index contributed by atoms with van der Waals surface area (Å²) in [5.41, 5.74) is 7.90. The van der Waals surface area contributed by atoms with Gasteiger partial charge in [0.1, 0.15) is 18.1 Å². The Balaban J connectivity index is 2.12.